The fourth-order valence-electron chi connectivity index (χ4n) is 3.35. The van der Waals surface area contributed by atoms with Crippen molar-refractivity contribution < 1.29 is 22.7 Å². The molecule has 0 aliphatic heterocycles. The van der Waals surface area contributed by atoms with E-state index in [4.69, 9.17) is 27.9 Å². The number of benzene rings is 2. The highest BCUT2D eigenvalue weighted by Crippen LogP contribution is 2.30. The number of anilines is 1. The Kier molecular flexibility index (Phi) is 10.7. The number of ether oxygens (including phenoxy) is 1. The Bertz CT molecular complexity index is 1140. The molecule has 0 fully saturated rings. The molecular weight excluding hydrogens is 513 g/mol. The molecular formula is C24H31Cl2N3O5S. The third-order valence-corrected chi connectivity index (χ3v) is 7.03. The summed E-state index contributed by atoms with van der Waals surface area (Å²) in [5.41, 5.74) is 0.881. The number of hydrogen-bond donors (Lipinski definition) is 1. The first-order chi connectivity index (χ1) is 16.5. The Labute approximate surface area is 217 Å². The van der Waals surface area contributed by atoms with Crippen molar-refractivity contribution in [2.75, 3.05) is 30.3 Å². The van der Waals surface area contributed by atoms with Crippen molar-refractivity contribution in [1.82, 2.24) is 10.2 Å². The molecule has 0 heterocycles. The number of para-hydroxylation sites is 2. The highest BCUT2D eigenvalue weighted by atomic mass is 35.5. The van der Waals surface area contributed by atoms with Gasteiger partial charge in [0.25, 0.3) is 0 Å². The third kappa shape index (κ3) is 8.02. The van der Waals surface area contributed by atoms with Crippen molar-refractivity contribution >= 4 is 50.7 Å². The number of amides is 2. The van der Waals surface area contributed by atoms with Crippen LogP contribution in [0.4, 0.5) is 5.69 Å². The molecule has 0 saturated carbocycles. The molecule has 192 valence electrons. The van der Waals surface area contributed by atoms with Gasteiger partial charge < -0.3 is 15.0 Å². The topological polar surface area (TPSA) is 96.0 Å². The van der Waals surface area contributed by atoms with Crippen molar-refractivity contribution in [2.24, 2.45) is 0 Å². The number of carbonyl (C=O) groups excluding carboxylic acids is 2. The summed E-state index contributed by atoms with van der Waals surface area (Å²) in [6.45, 7) is 5.58. The number of rotatable bonds is 12. The first-order valence-electron chi connectivity index (χ1n) is 11.2. The summed E-state index contributed by atoms with van der Waals surface area (Å²) in [6.07, 6.45) is 1.75. The van der Waals surface area contributed by atoms with Gasteiger partial charge in [-0.2, -0.15) is 0 Å². The maximum absolute atomic E-state index is 13.6. The fourth-order valence-corrected chi connectivity index (χ4v) is 4.52. The number of hydrogen-bond acceptors (Lipinski definition) is 5. The monoisotopic (exact) mass is 543 g/mol. The predicted molar refractivity (Wildman–Crippen MR) is 140 cm³/mol. The van der Waals surface area contributed by atoms with E-state index >= 15 is 0 Å². The van der Waals surface area contributed by atoms with Gasteiger partial charge >= 0.3 is 0 Å². The molecule has 11 heteroatoms. The zero-order valence-electron chi connectivity index (χ0n) is 20.3. The Balaban J connectivity index is 2.44. The van der Waals surface area contributed by atoms with Gasteiger partial charge in [0, 0.05) is 13.1 Å². The minimum Gasteiger partial charge on any atom is -0.492 e. The highest BCUT2D eigenvalue weighted by Gasteiger charge is 2.31. The molecule has 0 aliphatic rings. The Morgan fingerprint density at radius 3 is 2.37 bits per heavy atom. The average molecular weight is 545 g/mol. The van der Waals surface area contributed by atoms with Crippen molar-refractivity contribution in [1.29, 1.82) is 0 Å². The van der Waals surface area contributed by atoms with Crippen LogP contribution in [0, 0.1) is 0 Å². The van der Waals surface area contributed by atoms with Crippen LogP contribution >= 0.6 is 23.2 Å². The van der Waals surface area contributed by atoms with E-state index in [0.29, 0.717) is 34.5 Å². The summed E-state index contributed by atoms with van der Waals surface area (Å²) in [5.74, 6) is -0.578. The van der Waals surface area contributed by atoms with Crippen LogP contribution in [-0.2, 0) is 26.2 Å². The van der Waals surface area contributed by atoms with Crippen molar-refractivity contribution in [2.45, 2.75) is 39.8 Å². The van der Waals surface area contributed by atoms with E-state index in [1.54, 1.807) is 56.3 Å². The lowest BCUT2D eigenvalue weighted by Crippen LogP contribution is -2.51. The number of nitrogens with zero attached hydrogens (tertiary/aromatic N) is 2. The van der Waals surface area contributed by atoms with Gasteiger partial charge in [-0.1, -0.05) is 48.3 Å². The molecule has 1 atom stereocenters. The molecule has 35 heavy (non-hydrogen) atoms. The van der Waals surface area contributed by atoms with Gasteiger partial charge in [0.1, 0.15) is 18.3 Å². The molecule has 2 aromatic rings. The van der Waals surface area contributed by atoms with Crippen LogP contribution < -0.4 is 14.4 Å². The minimum absolute atomic E-state index is 0.0289. The number of halogens is 2. The van der Waals surface area contributed by atoms with E-state index in [-0.39, 0.29) is 18.1 Å². The van der Waals surface area contributed by atoms with E-state index < -0.39 is 28.5 Å². The summed E-state index contributed by atoms with van der Waals surface area (Å²) in [4.78, 5) is 27.6. The molecule has 0 aromatic heterocycles. The number of sulfonamides is 1. The molecule has 2 aromatic carbocycles. The van der Waals surface area contributed by atoms with Crippen molar-refractivity contribution in [3.8, 4) is 5.75 Å². The molecule has 2 rings (SSSR count). The molecule has 0 spiro atoms. The lowest BCUT2D eigenvalue weighted by molar-refractivity contribution is -0.139. The van der Waals surface area contributed by atoms with Gasteiger partial charge in [-0.25, -0.2) is 8.42 Å². The largest absolute Gasteiger partial charge is 0.492 e. The van der Waals surface area contributed by atoms with Crippen molar-refractivity contribution in [3.05, 3.63) is 58.1 Å². The Morgan fingerprint density at radius 1 is 1.09 bits per heavy atom. The maximum Gasteiger partial charge on any atom is 0.244 e. The molecule has 0 radical (unpaired) electrons. The highest BCUT2D eigenvalue weighted by molar-refractivity contribution is 7.92. The van der Waals surface area contributed by atoms with Crippen LogP contribution in [0.15, 0.2) is 42.5 Å². The number of carbonyl (C=O) groups is 2. The van der Waals surface area contributed by atoms with Gasteiger partial charge in [0.15, 0.2) is 0 Å². The van der Waals surface area contributed by atoms with Crippen LogP contribution in [0.1, 0.15) is 32.8 Å². The quantitative estimate of drug-likeness (QED) is 0.434. The van der Waals surface area contributed by atoms with Gasteiger partial charge in [-0.15, -0.1) is 0 Å². The summed E-state index contributed by atoms with van der Waals surface area (Å²) in [7, 11) is -3.87. The van der Waals surface area contributed by atoms with E-state index in [1.807, 2.05) is 6.92 Å². The second-order valence-electron chi connectivity index (χ2n) is 7.91. The fraction of sp³-hybridized carbons (Fsp3) is 0.417. The summed E-state index contributed by atoms with van der Waals surface area (Å²) in [6, 6.07) is 10.6. The molecule has 0 bridgehead atoms. The summed E-state index contributed by atoms with van der Waals surface area (Å²) >= 11 is 12.2. The van der Waals surface area contributed by atoms with Crippen LogP contribution in [0.2, 0.25) is 10.0 Å². The van der Waals surface area contributed by atoms with Gasteiger partial charge in [-0.05, 0) is 50.1 Å². The van der Waals surface area contributed by atoms with E-state index in [0.717, 1.165) is 17.0 Å². The second kappa shape index (κ2) is 13.0. The maximum atomic E-state index is 13.6. The molecule has 1 N–H and O–H groups in total. The summed E-state index contributed by atoms with van der Waals surface area (Å²) < 4.78 is 32.0. The average Bonchev–Trinajstić information content (AvgIpc) is 2.81. The lowest BCUT2D eigenvalue weighted by atomic mass is 10.1. The van der Waals surface area contributed by atoms with Crippen LogP contribution in [-0.4, -0.2) is 57.1 Å². The predicted octanol–water partition coefficient (Wildman–Crippen LogP) is 4.10. The van der Waals surface area contributed by atoms with Crippen LogP contribution in [0.25, 0.3) is 0 Å². The molecule has 8 nitrogen and oxygen atoms in total. The smallest absolute Gasteiger partial charge is 0.244 e. The van der Waals surface area contributed by atoms with Crippen LogP contribution in [0.3, 0.4) is 0 Å². The van der Waals surface area contributed by atoms with E-state index in [1.165, 1.54) is 4.90 Å². The standard InChI is InChI=1S/C24H31Cl2N3O5S/c1-5-13-27-24(31)17(3)28(15-18-11-12-19(25)20(26)14-18)23(30)16-29(35(4,32)33)21-9-7-8-10-22(21)34-6-2/h7-12,14,17H,5-6,13,15-16H2,1-4H3,(H,27,31)/t17-/m0/s1. The molecule has 2 amide bonds. The zero-order chi connectivity index (χ0) is 26.2. The zero-order valence-corrected chi connectivity index (χ0v) is 22.6. The summed E-state index contributed by atoms with van der Waals surface area (Å²) in [5, 5.41) is 3.45. The van der Waals surface area contributed by atoms with Crippen LogP contribution in [0.5, 0.6) is 5.75 Å². The molecule has 0 aliphatic carbocycles. The SMILES string of the molecule is CCCNC(=O)[C@H](C)N(Cc1ccc(Cl)c(Cl)c1)C(=O)CN(c1ccccc1OCC)S(C)(=O)=O. The Hall–Kier alpha value is -2.49. The van der Waals surface area contributed by atoms with Gasteiger partial charge in [-0.3, -0.25) is 13.9 Å². The first-order valence-corrected chi connectivity index (χ1v) is 13.8. The van der Waals surface area contributed by atoms with Gasteiger partial charge in [0.05, 0.1) is 28.6 Å². The number of nitrogens with one attached hydrogen (secondary N) is 1. The molecule has 0 saturated heterocycles. The van der Waals surface area contributed by atoms with E-state index in [2.05, 4.69) is 5.32 Å². The normalized spacial score (nSPS) is 12.1. The second-order valence-corrected chi connectivity index (χ2v) is 10.6. The van der Waals surface area contributed by atoms with Gasteiger partial charge in [0.2, 0.25) is 21.8 Å². The minimum atomic E-state index is -3.87. The lowest BCUT2D eigenvalue weighted by Gasteiger charge is -2.32. The van der Waals surface area contributed by atoms with E-state index in [9.17, 15) is 18.0 Å². The first kappa shape index (κ1) is 28.7. The van der Waals surface area contributed by atoms with Crippen molar-refractivity contribution in [3.63, 3.8) is 0 Å². The molecule has 0 unspecified atom stereocenters. The Morgan fingerprint density at radius 2 is 1.77 bits per heavy atom. The third-order valence-electron chi connectivity index (χ3n) is 5.17.